The van der Waals surface area contributed by atoms with Gasteiger partial charge in [0, 0.05) is 23.7 Å². The van der Waals surface area contributed by atoms with Crippen LogP contribution in [0.1, 0.15) is 69.3 Å². The lowest BCUT2D eigenvalue weighted by Gasteiger charge is -2.42. The highest BCUT2D eigenvalue weighted by Crippen LogP contribution is 2.48. The van der Waals surface area contributed by atoms with Gasteiger partial charge in [0.05, 0.1) is 0 Å². The maximum absolute atomic E-state index is 6.15. The molecule has 1 aliphatic rings. The Labute approximate surface area is 120 Å². The van der Waals surface area contributed by atoms with Crippen molar-refractivity contribution in [2.45, 2.75) is 65.0 Å². The fourth-order valence-corrected chi connectivity index (χ4v) is 3.80. The van der Waals surface area contributed by atoms with Crippen molar-refractivity contribution in [1.82, 2.24) is 4.98 Å². The molecule has 1 fully saturated rings. The molecule has 0 radical (unpaired) electrons. The van der Waals surface area contributed by atoms with E-state index in [4.69, 9.17) is 10.5 Å². The summed E-state index contributed by atoms with van der Waals surface area (Å²) < 4.78 is 6.15. The summed E-state index contributed by atoms with van der Waals surface area (Å²) in [6.45, 7) is 9.51. The van der Waals surface area contributed by atoms with Crippen LogP contribution in [-0.4, -0.2) is 11.6 Å². The van der Waals surface area contributed by atoms with Crippen LogP contribution in [0.4, 0.5) is 0 Å². The predicted octanol–water partition coefficient (Wildman–Crippen LogP) is 3.99. The Kier molecular flexibility index (Phi) is 4.33. The van der Waals surface area contributed by atoms with Gasteiger partial charge in [0.2, 0.25) is 0 Å². The Hall–Kier alpha value is -0.450. The molecular formula is C15H26N2OS. The number of thiazole rings is 1. The molecule has 0 aliphatic heterocycles. The first-order valence-corrected chi connectivity index (χ1v) is 8.06. The fourth-order valence-electron chi connectivity index (χ4n) is 2.73. The van der Waals surface area contributed by atoms with Gasteiger partial charge in [-0.2, -0.15) is 0 Å². The zero-order chi connectivity index (χ0) is 14.1. The zero-order valence-electron chi connectivity index (χ0n) is 12.5. The van der Waals surface area contributed by atoms with E-state index in [2.05, 4.69) is 25.8 Å². The minimum atomic E-state index is -0.165. The van der Waals surface area contributed by atoms with E-state index < -0.39 is 0 Å². The summed E-state index contributed by atoms with van der Waals surface area (Å²) in [5.41, 5.74) is 6.21. The van der Waals surface area contributed by atoms with E-state index in [0.717, 1.165) is 29.3 Å². The lowest BCUT2D eigenvalue weighted by atomic mass is 9.71. The van der Waals surface area contributed by atoms with Crippen LogP contribution in [0, 0.1) is 5.41 Å². The number of nitrogens with zero attached hydrogens (tertiary/aromatic N) is 1. The summed E-state index contributed by atoms with van der Waals surface area (Å²) in [6.07, 6.45) is 6.45. The third-order valence-corrected chi connectivity index (χ3v) is 5.58. The van der Waals surface area contributed by atoms with E-state index in [1.54, 1.807) is 11.3 Å². The standard InChI is InChI=1S/C15H26N2OS/c1-5-18-15(8-6-14(3,4)7-9-15)13-17-10-12(19-13)11(2)16/h10-11H,5-9,16H2,1-4H3. The molecule has 0 bridgehead atoms. The molecule has 0 saturated heterocycles. The average Bonchev–Trinajstić information content (AvgIpc) is 2.83. The van der Waals surface area contributed by atoms with Gasteiger partial charge in [0.25, 0.3) is 0 Å². The summed E-state index contributed by atoms with van der Waals surface area (Å²) in [4.78, 5) is 5.76. The number of hydrogen-bond acceptors (Lipinski definition) is 4. The summed E-state index contributed by atoms with van der Waals surface area (Å²) in [7, 11) is 0. The van der Waals surface area contributed by atoms with Gasteiger partial charge in [0.15, 0.2) is 0 Å². The molecule has 1 aromatic heterocycles. The number of hydrogen-bond donors (Lipinski definition) is 1. The van der Waals surface area contributed by atoms with Crippen LogP contribution in [0.2, 0.25) is 0 Å². The van der Waals surface area contributed by atoms with E-state index in [1.165, 1.54) is 12.8 Å². The first-order valence-electron chi connectivity index (χ1n) is 7.24. The summed E-state index contributed by atoms with van der Waals surface area (Å²) in [6, 6.07) is 0.0601. The molecule has 0 aromatic carbocycles. The first-order chi connectivity index (χ1) is 8.88. The maximum Gasteiger partial charge on any atom is 0.125 e. The number of aromatic nitrogens is 1. The molecule has 1 unspecified atom stereocenters. The molecule has 1 atom stereocenters. The minimum Gasteiger partial charge on any atom is -0.368 e. The molecule has 2 N–H and O–H groups in total. The lowest BCUT2D eigenvalue weighted by molar-refractivity contribution is -0.0890. The van der Waals surface area contributed by atoms with E-state index in [1.807, 2.05) is 13.1 Å². The molecule has 0 amide bonds. The second-order valence-electron chi connectivity index (χ2n) is 6.45. The van der Waals surface area contributed by atoms with Crippen molar-refractivity contribution in [3.8, 4) is 0 Å². The quantitative estimate of drug-likeness (QED) is 0.908. The van der Waals surface area contributed by atoms with Crippen molar-refractivity contribution in [3.05, 3.63) is 16.1 Å². The molecule has 2 rings (SSSR count). The monoisotopic (exact) mass is 282 g/mol. The summed E-state index contributed by atoms with van der Waals surface area (Å²) in [5.74, 6) is 0. The lowest BCUT2D eigenvalue weighted by Crippen LogP contribution is -2.37. The van der Waals surface area contributed by atoms with Crippen LogP contribution in [0.25, 0.3) is 0 Å². The van der Waals surface area contributed by atoms with Gasteiger partial charge in [-0.15, -0.1) is 11.3 Å². The molecule has 108 valence electrons. The molecular weight excluding hydrogens is 256 g/mol. The Morgan fingerprint density at radius 1 is 1.37 bits per heavy atom. The van der Waals surface area contributed by atoms with Gasteiger partial charge < -0.3 is 10.5 Å². The molecule has 0 spiro atoms. The van der Waals surface area contributed by atoms with Crippen molar-refractivity contribution in [1.29, 1.82) is 0 Å². The highest BCUT2D eigenvalue weighted by atomic mass is 32.1. The summed E-state index contributed by atoms with van der Waals surface area (Å²) in [5, 5.41) is 1.12. The smallest absolute Gasteiger partial charge is 0.125 e. The predicted molar refractivity (Wildman–Crippen MR) is 80.3 cm³/mol. The van der Waals surface area contributed by atoms with E-state index >= 15 is 0 Å². The average molecular weight is 282 g/mol. The topological polar surface area (TPSA) is 48.1 Å². The number of rotatable bonds is 4. The van der Waals surface area contributed by atoms with Crippen molar-refractivity contribution in [2.24, 2.45) is 11.1 Å². The first kappa shape index (κ1) is 14.9. The SMILES string of the molecule is CCOC1(c2ncc(C(C)N)s2)CCC(C)(C)CC1. The van der Waals surface area contributed by atoms with Crippen molar-refractivity contribution < 1.29 is 4.74 Å². The second-order valence-corrected chi connectivity index (χ2v) is 7.51. The highest BCUT2D eigenvalue weighted by Gasteiger charge is 2.42. The van der Waals surface area contributed by atoms with Gasteiger partial charge in [-0.1, -0.05) is 13.8 Å². The van der Waals surface area contributed by atoms with Crippen molar-refractivity contribution >= 4 is 11.3 Å². The van der Waals surface area contributed by atoms with Gasteiger partial charge >= 0.3 is 0 Å². The van der Waals surface area contributed by atoms with Crippen LogP contribution in [0.15, 0.2) is 6.20 Å². The normalized spacial score (nSPS) is 23.2. The minimum absolute atomic E-state index is 0.0601. The van der Waals surface area contributed by atoms with Crippen LogP contribution in [0.5, 0.6) is 0 Å². The molecule has 4 heteroatoms. The Bertz CT molecular complexity index is 416. The molecule has 1 aliphatic carbocycles. The Morgan fingerprint density at radius 3 is 2.47 bits per heavy atom. The fraction of sp³-hybridized carbons (Fsp3) is 0.800. The molecule has 19 heavy (non-hydrogen) atoms. The molecule has 1 aromatic rings. The largest absolute Gasteiger partial charge is 0.368 e. The van der Waals surface area contributed by atoms with Crippen LogP contribution in [0.3, 0.4) is 0 Å². The maximum atomic E-state index is 6.15. The van der Waals surface area contributed by atoms with E-state index in [0.29, 0.717) is 5.41 Å². The van der Waals surface area contributed by atoms with Gasteiger partial charge in [-0.25, -0.2) is 4.98 Å². The Morgan fingerprint density at radius 2 is 2.00 bits per heavy atom. The van der Waals surface area contributed by atoms with E-state index in [-0.39, 0.29) is 11.6 Å². The van der Waals surface area contributed by atoms with Gasteiger partial charge in [-0.3, -0.25) is 0 Å². The van der Waals surface area contributed by atoms with Crippen molar-refractivity contribution in [3.63, 3.8) is 0 Å². The van der Waals surface area contributed by atoms with E-state index in [9.17, 15) is 0 Å². The van der Waals surface area contributed by atoms with Crippen LogP contribution < -0.4 is 5.73 Å². The second kappa shape index (κ2) is 5.51. The van der Waals surface area contributed by atoms with Gasteiger partial charge in [0.1, 0.15) is 10.6 Å². The third kappa shape index (κ3) is 3.18. The number of ether oxygens (including phenoxy) is 1. The zero-order valence-corrected chi connectivity index (χ0v) is 13.3. The molecule has 1 saturated carbocycles. The molecule has 1 heterocycles. The third-order valence-electron chi connectivity index (χ3n) is 4.19. The Balaban J connectivity index is 2.24. The van der Waals surface area contributed by atoms with Gasteiger partial charge in [-0.05, 0) is 44.9 Å². The van der Waals surface area contributed by atoms with Crippen LogP contribution in [-0.2, 0) is 10.3 Å². The number of nitrogens with two attached hydrogens (primary N) is 1. The highest BCUT2D eigenvalue weighted by molar-refractivity contribution is 7.11. The molecule has 3 nitrogen and oxygen atoms in total. The van der Waals surface area contributed by atoms with Crippen molar-refractivity contribution in [2.75, 3.05) is 6.61 Å². The van der Waals surface area contributed by atoms with Crippen LogP contribution >= 0.6 is 11.3 Å². The summed E-state index contributed by atoms with van der Waals surface area (Å²) >= 11 is 1.73.